The van der Waals surface area contributed by atoms with E-state index in [4.69, 9.17) is 11.6 Å². The fraction of sp³-hybridized carbons (Fsp3) is 0.316. The molecule has 1 amide bonds. The second-order valence-electron chi connectivity index (χ2n) is 6.54. The fourth-order valence-corrected chi connectivity index (χ4v) is 4.61. The topological polar surface area (TPSA) is 75.3 Å². The van der Waals surface area contributed by atoms with Crippen LogP contribution in [0.1, 0.15) is 41.6 Å². The van der Waals surface area contributed by atoms with Crippen molar-refractivity contribution in [3.05, 3.63) is 58.6 Å². The highest BCUT2D eigenvalue weighted by Gasteiger charge is 2.23. The molecule has 1 saturated carbocycles. The first kappa shape index (κ1) is 18.9. The van der Waals surface area contributed by atoms with Gasteiger partial charge in [0.25, 0.3) is 5.91 Å². The lowest BCUT2D eigenvalue weighted by atomic mass is 10.1. The highest BCUT2D eigenvalue weighted by molar-refractivity contribution is 7.89. The molecule has 0 aliphatic heterocycles. The number of carbonyl (C=O) groups excluding carboxylic acids is 1. The largest absolute Gasteiger partial charge is 0.322 e. The zero-order chi connectivity index (χ0) is 18.7. The average Bonchev–Trinajstić information content (AvgIpc) is 3.09. The van der Waals surface area contributed by atoms with Crippen molar-refractivity contribution in [3.8, 4) is 0 Å². The molecular weight excluding hydrogens is 372 g/mol. The van der Waals surface area contributed by atoms with Crippen LogP contribution in [0.3, 0.4) is 0 Å². The van der Waals surface area contributed by atoms with Crippen LogP contribution in [0.25, 0.3) is 0 Å². The van der Waals surface area contributed by atoms with Crippen molar-refractivity contribution in [1.82, 2.24) is 4.72 Å². The molecule has 5 nitrogen and oxygen atoms in total. The van der Waals surface area contributed by atoms with Crippen molar-refractivity contribution in [1.29, 1.82) is 0 Å². The molecule has 26 heavy (non-hydrogen) atoms. The number of sulfonamides is 1. The molecule has 0 unspecified atom stereocenters. The van der Waals surface area contributed by atoms with Crippen LogP contribution in [0.15, 0.2) is 47.4 Å². The summed E-state index contributed by atoms with van der Waals surface area (Å²) in [5, 5.41) is 3.41. The Hall–Kier alpha value is -1.89. The van der Waals surface area contributed by atoms with E-state index in [1.807, 2.05) is 6.92 Å². The molecule has 7 heteroatoms. The fourth-order valence-electron chi connectivity index (χ4n) is 3.08. The van der Waals surface area contributed by atoms with Crippen LogP contribution < -0.4 is 10.0 Å². The minimum atomic E-state index is -3.55. The summed E-state index contributed by atoms with van der Waals surface area (Å²) in [6.45, 7) is 1.85. The van der Waals surface area contributed by atoms with Gasteiger partial charge in [0.05, 0.1) is 4.90 Å². The molecule has 0 saturated heterocycles. The maximum atomic E-state index is 12.4. The molecule has 2 N–H and O–H groups in total. The summed E-state index contributed by atoms with van der Waals surface area (Å²) in [4.78, 5) is 12.6. The molecule has 1 aliphatic rings. The van der Waals surface area contributed by atoms with E-state index in [2.05, 4.69) is 10.0 Å². The van der Waals surface area contributed by atoms with Gasteiger partial charge in [0.15, 0.2) is 0 Å². The molecule has 0 heterocycles. The van der Waals surface area contributed by atoms with Crippen molar-refractivity contribution >= 4 is 33.2 Å². The van der Waals surface area contributed by atoms with E-state index in [-0.39, 0.29) is 16.8 Å². The number of anilines is 1. The predicted molar refractivity (Wildman–Crippen MR) is 103 cm³/mol. The maximum absolute atomic E-state index is 12.4. The zero-order valence-corrected chi connectivity index (χ0v) is 16.0. The summed E-state index contributed by atoms with van der Waals surface area (Å²) in [5.74, 6) is -0.303. The van der Waals surface area contributed by atoms with Crippen molar-refractivity contribution in [2.24, 2.45) is 0 Å². The second kappa shape index (κ2) is 7.78. The van der Waals surface area contributed by atoms with Gasteiger partial charge in [-0.3, -0.25) is 4.79 Å². The number of hydrogen-bond donors (Lipinski definition) is 2. The first-order valence-corrected chi connectivity index (χ1v) is 10.4. The summed E-state index contributed by atoms with van der Waals surface area (Å²) in [6.07, 6.45) is 3.85. The summed E-state index contributed by atoms with van der Waals surface area (Å²) in [5.41, 5.74) is 1.91. The van der Waals surface area contributed by atoms with Crippen molar-refractivity contribution < 1.29 is 13.2 Å². The number of carbonyl (C=O) groups is 1. The third-order valence-electron chi connectivity index (χ3n) is 4.54. The maximum Gasteiger partial charge on any atom is 0.255 e. The van der Waals surface area contributed by atoms with Crippen LogP contribution in [-0.2, 0) is 10.0 Å². The number of benzene rings is 2. The van der Waals surface area contributed by atoms with Gasteiger partial charge in [-0.2, -0.15) is 0 Å². The zero-order valence-electron chi connectivity index (χ0n) is 14.5. The Kier molecular flexibility index (Phi) is 5.65. The Morgan fingerprint density at radius 3 is 2.35 bits per heavy atom. The van der Waals surface area contributed by atoms with Crippen molar-refractivity contribution in [3.63, 3.8) is 0 Å². The standard InChI is InChI=1S/C19H21ClN2O3S/c1-13-12-15(20)8-11-18(13)21-19(23)14-6-9-17(10-7-14)26(24,25)22-16-4-2-3-5-16/h6-12,16,22H,2-5H2,1H3,(H,21,23). The molecule has 0 spiro atoms. The summed E-state index contributed by atoms with van der Waals surface area (Å²) < 4.78 is 27.6. The number of rotatable bonds is 5. The lowest BCUT2D eigenvalue weighted by Gasteiger charge is -2.13. The van der Waals surface area contributed by atoms with Gasteiger partial charge in [0, 0.05) is 22.3 Å². The number of halogens is 1. The van der Waals surface area contributed by atoms with Gasteiger partial charge >= 0.3 is 0 Å². The van der Waals surface area contributed by atoms with Crippen LogP contribution >= 0.6 is 11.6 Å². The predicted octanol–water partition coefficient (Wildman–Crippen LogP) is 4.12. The van der Waals surface area contributed by atoms with E-state index < -0.39 is 10.0 Å². The minimum absolute atomic E-state index is 0.0101. The lowest BCUT2D eigenvalue weighted by molar-refractivity contribution is 0.102. The smallest absolute Gasteiger partial charge is 0.255 e. The van der Waals surface area contributed by atoms with Crippen LogP contribution in [0, 0.1) is 6.92 Å². The monoisotopic (exact) mass is 392 g/mol. The highest BCUT2D eigenvalue weighted by atomic mass is 35.5. The van der Waals surface area contributed by atoms with Crippen LogP contribution in [0.2, 0.25) is 5.02 Å². The van der Waals surface area contributed by atoms with E-state index in [1.54, 1.807) is 18.2 Å². The lowest BCUT2D eigenvalue weighted by Crippen LogP contribution is -2.32. The minimum Gasteiger partial charge on any atom is -0.322 e. The number of aryl methyl sites for hydroxylation is 1. The van der Waals surface area contributed by atoms with Gasteiger partial charge in [0.2, 0.25) is 10.0 Å². The Balaban J connectivity index is 1.71. The average molecular weight is 393 g/mol. The van der Waals surface area contributed by atoms with Gasteiger partial charge in [-0.25, -0.2) is 13.1 Å². The molecule has 2 aromatic rings. The SMILES string of the molecule is Cc1cc(Cl)ccc1NC(=O)c1ccc(S(=O)(=O)NC2CCCC2)cc1. The van der Waals surface area contributed by atoms with Crippen LogP contribution in [0.4, 0.5) is 5.69 Å². The van der Waals surface area contributed by atoms with Crippen LogP contribution in [-0.4, -0.2) is 20.4 Å². The molecule has 0 atom stereocenters. The second-order valence-corrected chi connectivity index (χ2v) is 8.69. The van der Waals surface area contributed by atoms with Crippen LogP contribution in [0.5, 0.6) is 0 Å². The quantitative estimate of drug-likeness (QED) is 0.803. The summed E-state index contributed by atoms with van der Waals surface area (Å²) >= 11 is 5.92. The van der Waals surface area contributed by atoms with E-state index in [9.17, 15) is 13.2 Å². The number of amides is 1. The van der Waals surface area contributed by atoms with Gasteiger partial charge in [-0.15, -0.1) is 0 Å². The third kappa shape index (κ3) is 4.44. The van der Waals surface area contributed by atoms with Gasteiger partial charge in [0.1, 0.15) is 0 Å². The Morgan fingerprint density at radius 2 is 1.73 bits per heavy atom. The molecule has 0 aromatic heterocycles. The number of hydrogen-bond acceptors (Lipinski definition) is 3. The van der Waals surface area contributed by atoms with Gasteiger partial charge < -0.3 is 5.32 Å². The third-order valence-corrected chi connectivity index (χ3v) is 6.31. The first-order valence-electron chi connectivity index (χ1n) is 8.55. The molecule has 138 valence electrons. The Bertz CT molecular complexity index is 905. The highest BCUT2D eigenvalue weighted by Crippen LogP contribution is 2.22. The summed E-state index contributed by atoms with van der Waals surface area (Å²) in [6, 6.07) is 11.2. The Labute approximate surface area is 158 Å². The molecule has 2 aromatic carbocycles. The summed E-state index contributed by atoms with van der Waals surface area (Å²) in [7, 11) is -3.55. The molecular formula is C19H21ClN2O3S. The molecule has 1 fully saturated rings. The van der Waals surface area contributed by atoms with Gasteiger partial charge in [-0.05, 0) is 67.8 Å². The number of nitrogens with one attached hydrogen (secondary N) is 2. The molecule has 0 radical (unpaired) electrons. The van der Waals surface area contributed by atoms with E-state index >= 15 is 0 Å². The van der Waals surface area contributed by atoms with Gasteiger partial charge in [-0.1, -0.05) is 24.4 Å². The van der Waals surface area contributed by atoms with Crippen molar-refractivity contribution in [2.45, 2.75) is 43.5 Å². The molecule has 1 aliphatic carbocycles. The van der Waals surface area contributed by atoms with E-state index in [1.165, 1.54) is 24.3 Å². The molecule has 3 rings (SSSR count). The first-order chi connectivity index (χ1) is 12.3. The van der Waals surface area contributed by atoms with E-state index in [0.717, 1.165) is 31.2 Å². The normalized spacial score (nSPS) is 15.2. The Morgan fingerprint density at radius 1 is 1.08 bits per heavy atom. The van der Waals surface area contributed by atoms with E-state index in [0.29, 0.717) is 16.3 Å². The molecule has 0 bridgehead atoms. The van der Waals surface area contributed by atoms with Crippen molar-refractivity contribution in [2.75, 3.05) is 5.32 Å².